The molecule has 2 N–H and O–H groups in total. The van der Waals surface area contributed by atoms with Gasteiger partial charge in [0.2, 0.25) is 0 Å². The third kappa shape index (κ3) is 3.61. The molecule has 0 aliphatic carbocycles. The van der Waals surface area contributed by atoms with E-state index < -0.39 is 0 Å². The zero-order chi connectivity index (χ0) is 20.3. The topological polar surface area (TPSA) is 59.0 Å². The van der Waals surface area contributed by atoms with Gasteiger partial charge in [0, 0.05) is 40.9 Å². The van der Waals surface area contributed by atoms with Gasteiger partial charge < -0.3 is 15.2 Å². The lowest BCUT2D eigenvalue weighted by Gasteiger charge is -2.10. The van der Waals surface area contributed by atoms with E-state index in [2.05, 4.69) is 44.6 Å². The summed E-state index contributed by atoms with van der Waals surface area (Å²) in [6.45, 7) is 0.812. The summed E-state index contributed by atoms with van der Waals surface area (Å²) in [5, 5.41) is 7.84. The molecule has 0 aliphatic rings. The first kappa shape index (κ1) is 17.9. The molecule has 2 amide bonds. The van der Waals surface area contributed by atoms with Gasteiger partial charge in [-0.3, -0.25) is 4.98 Å². The first-order chi connectivity index (χ1) is 14.8. The van der Waals surface area contributed by atoms with Gasteiger partial charge in [0.25, 0.3) is 0 Å². The van der Waals surface area contributed by atoms with Gasteiger partial charge in [0.05, 0.1) is 11.2 Å². The summed E-state index contributed by atoms with van der Waals surface area (Å²) in [5.41, 5.74) is 4.70. The average Bonchev–Trinajstić information content (AvgIpc) is 3.16. The predicted octanol–water partition coefficient (Wildman–Crippen LogP) is 5.88. The smallest absolute Gasteiger partial charge is 0.323 e. The van der Waals surface area contributed by atoms with Crippen molar-refractivity contribution < 1.29 is 4.79 Å². The Balaban J connectivity index is 1.33. The van der Waals surface area contributed by atoms with Crippen molar-refractivity contribution in [1.82, 2.24) is 9.55 Å². The highest BCUT2D eigenvalue weighted by Gasteiger charge is 2.08. The molecule has 2 aromatic heterocycles. The number of fused-ring (bicyclic) bond motifs is 2. The van der Waals surface area contributed by atoms with E-state index in [1.54, 1.807) is 12.3 Å². The summed E-state index contributed by atoms with van der Waals surface area (Å²) >= 11 is 0. The summed E-state index contributed by atoms with van der Waals surface area (Å²) in [6.07, 6.45) is 3.77. The van der Waals surface area contributed by atoms with E-state index in [0.717, 1.165) is 39.7 Å². The van der Waals surface area contributed by atoms with Crippen molar-refractivity contribution in [2.75, 3.05) is 10.6 Å². The third-order valence-electron chi connectivity index (χ3n) is 5.12. The molecule has 0 fully saturated rings. The Morgan fingerprint density at radius 3 is 2.60 bits per heavy atom. The molecule has 0 atom stereocenters. The van der Waals surface area contributed by atoms with E-state index in [9.17, 15) is 4.79 Å². The zero-order valence-electron chi connectivity index (χ0n) is 16.2. The quantitative estimate of drug-likeness (QED) is 0.401. The molecule has 5 aromatic rings. The van der Waals surface area contributed by atoms with Gasteiger partial charge in [-0.25, -0.2) is 4.79 Å². The molecule has 5 nitrogen and oxygen atoms in total. The number of urea groups is 1. The highest BCUT2D eigenvalue weighted by atomic mass is 16.2. The Bertz CT molecular complexity index is 1340. The van der Waals surface area contributed by atoms with Crippen LogP contribution in [0.25, 0.3) is 21.8 Å². The number of nitrogens with zero attached hydrogens (tertiary/aromatic N) is 2. The van der Waals surface area contributed by atoms with Crippen LogP contribution in [0.3, 0.4) is 0 Å². The Morgan fingerprint density at radius 2 is 1.70 bits per heavy atom. The first-order valence-corrected chi connectivity index (χ1v) is 9.81. The lowest BCUT2D eigenvalue weighted by atomic mass is 10.2. The van der Waals surface area contributed by atoms with Crippen molar-refractivity contribution in [2.45, 2.75) is 6.54 Å². The molecule has 2 heterocycles. The Morgan fingerprint density at radius 1 is 0.867 bits per heavy atom. The minimum Gasteiger partial charge on any atom is -0.343 e. The van der Waals surface area contributed by atoms with Crippen LogP contribution in [-0.2, 0) is 6.54 Å². The number of amides is 2. The van der Waals surface area contributed by atoms with Crippen LogP contribution in [-0.4, -0.2) is 15.6 Å². The van der Waals surface area contributed by atoms with Crippen molar-refractivity contribution in [3.8, 4) is 0 Å². The Labute approximate surface area is 174 Å². The van der Waals surface area contributed by atoms with Crippen LogP contribution in [0.1, 0.15) is 5.56 Å². The number of para-hydroxylation sites is 1. The van der Waals surface area contributed by atoms with Gasteiger partial charge in [-0.2, -0.15) is 0 Å². The van der Waals surface area contributed by atoms with Gasteiger partial charge >= 0.3 is 6.03 Å². The van der Waals surface area contributed by atoms with E-state index in [1.165, 1.54) is 5.56 Å². The molecule has 5 heteroatoms. The second-order valence-corrected chi connectivity index (χ2v) is 7.16. The maximum atomic E-state index is 12.6. The second-order valence-electron chi connectivity index (χ2n) is 7.16. The molecule has 0 spiro atoms. The molecule has 146 valence electrons. The summed E-state index contributed by atoms with van der Waals surface area (Å²) < 4.78 is 2.21. The van der Waals surface area contributed by atoms with E-state index in [-0.39, 0.29) is 6.03 Å². The van der Waals surface area contributed by atoms with Crippen LogP contribution in [0, 0.1) is 0 Å². The number of pyridine rings is 1. The van der Waals surface area contributed by atoms with Crippen LogP contribution < -0.4 is 10.6 Å². The summed E-state index contributed by atoms with van der Waals surface area (Å²) in [6, 6.07) is 27.6. The van der Waals surface area contributed by atoms with E-state index >= 15 is 0 Å². The molecule has 0 saturated carbocycles. The van der Waals surface area contributed by atoms with Crippen molar-refractivity contribution in [2.24, 2.45) is 0 Å². The number of hydrogen-bond donors (Lipinski definition) is 2. The molecule has 0 bridgehead atoms. The predicted molar refractivity (Wildman–Crippen MR) is 122 cm³/mol. The minimum atomic E-state index is -0.283. The number of anilines is 2. The molecule has 3 aromatic carbocycles. The summed E-state index contributed by atoms with van der Waals surface area (Å²) in [7, 11) is 0. The molecule has 0 radical (unpaired) electrons. The van der Waals surface area contributed by atoms with Crippen LogP contribution in [0.4, 0.5) is 16.2 Å². The molecule has 5 rings (SSSR count). The van der Waals surface area contributed by atoms with Gasteiger partial charge in [0.1, 0.15) is 0 Å². The third-order valence-corrected chi connectivity index (χ3v) is 5.12. The summed E-state index contributed by atoms with van der Waals surface area (Å²) in [4.78, 5) is 16.9. The van der Waals surface area contributed by atoms with E-state index in [4.69, 9.17) is 0 Å². The van der Waals surface area contributed by atoms with Crippen LogP contribution in [0.5, 0.6) is 0 Å². The summed E-state index contributed by atoms with van der Waals surface area (Å²) in [5.74, 6) is 0. The van der Waals surface area contributed by atoms with Gasteiger partial charge in [0.15, 0.2) is 0 Å². The van der Waals surface area contributed by atoms with Crippen molar-refractivity contribution in [3.05, 3.63) is 103 Å². The highest BCUT2D eigenvalue weighted by molar-refractivity contribution is 6.06. The second kappa shape index (κ2) is 7.72. The molecule has 0 unspecified atom stereocenters. The number of nitrogens with one attached hydrogen (secondary N) is 2. The van der Waals surface area contributed by atoms with Crippen LogP contribution in [0.15, 0.2) is 97.3 Å². The van der Waals surface area contributed by atoms with Crippen molar-refractivity contribution in [3.63, 3.8) is 0 Å². The molecule has 0 saturated heterocycles. The standard InChI is InChI=1S/C25H20N4O/c30-25(28-23-12-14-26-22-9-5-4-8-21(22)23)27-20-10-11-24-19(16-20)13-15-29(24)17-18-6-2-1-3-7-18/h1-16H,17H2,(H2,26,27,28,30). The zero-order valence-corrected chi connectivity index (χ0v) is 16.2. The Kier molecular flexibility index (Phi) is 4.62. The van der Waals surface area contributed by atoms with Gasteiger partial charge in [-0.15, -0.1) is 0 Å². The number of aromatic nitrogens is 2. The fourth-order valence-electron chi connectivity index (χ4n) is 3.69. The van der Waals surface area contributed by atoms with Crippen molar-refractivity contribution >= 4 is 39.2 Å². The van der Waals surface area contributed by atoms with E-state index in [0.29, 0.717) is 0 Å². The van der Waals surface area contributed by atoms with Gasteiger partial charge in [-0.05, 0) is 42.0 Å². The highest BCUT2D eigenvalue weighted by Crippen LogP contribution is 2.23. The largest absolute Gasteiger partial charge is 0.343 e. The lowest BCUT2D eigenvalue weighted by Crippen LogP contribution is -2.19. The number of benzene rings is 3. The average molecular weight is 392 g/mol. The van der Waals surface area contributed by atoms with Crippen LogP contribution in [0.2, 0.25) is 0 Å². The van der Waals surface area contributed by atoms with E-state index in [1.807, 2.05) is 60.7 Å². The molecular formula is C25H20N4O. The van der Waals surface area contributed by atoms with Crippen LogP contribution >= 0.6 is 0 Å². The molecular weight excluding hydrogens is 372 g/mol. The molecule has 30 heavy (non-hydrogen) atoms. The molecule has 0 aliphatic heterocycles. The SMILES string of the molecule is O=C(Nc1ccc2c(ccn2Cc2ccccc2)c1)Nc1ccnc2ccccc12. The number of rotatable bonds is 4. The maximum Gasteiger partial charge on any atom is 0.323 e. The minimum absolute atomic E-state index is 0.283. The van der Waals surface area contributed by atoms with Gasteiger partial charge in [-0.1, -0.05) is 48.5 Å². The number of hydrogen-bond acceptors (Lipinski definition) is 2. The fraction of sp³-hybridized carbons (Fsp3) is 0.0400. The van der Waals surface area contributed by atoms with Crippen molar-refractivity contribution in [1.29, 1.82) is 0 Å². The monoisotopic (exact) mass is 392 g/mol. The number of carbonyl (C=O) groups is 1. The fourth-order valence-corrected chi connectivity index (χ4v) is 3.69. The maximum absolute atomic E-state index is 12.6. The normalized spacial score (nSPS) is 10.9. The Hall–Kier alpha value is -4.12. The number of carbonyl (C=O) groups excluding carboxylic acids is 1. The first-order valence-electron chi connectivity index (χ1n) is 9.81. The lowest BCUT2D eigenvalue weighted by molar-refractivity contribution is 0.262.